The maximum Gasteiger partial charge on any atom is 0.410 e. The summed E-state index contributed by atoms with van der Waals surface area (Å²) in [5, 5.41) is 9.54. The minimum absolute atomic E-state index is 0.107. The van der Waals surface area contributed by atoms with E-state index in [-0.39, 0.29) is 32.2 Å². The number of benzene rings is 3. The summed E-state index contributed by atoms with van der Waals surface area (Å²) in [6.45, 7) is 4.22. The van der Waals surface area contributed by atoms with Crippen LogP contribution in [0.2, 0.25) is 0 Å². The van der Waals surface area contributed by atoms with E-state index in [0.717, 1.165) is 54.1 Å². The van der Waals surface area contributed by atoms with Crippen LogP contribution in [0.25, 0.3) is 0 Å². The van der Waals surface area contributed by atoms with Gasteiger partial charge in [0.25, 0.3) is 0 Å². The van der Waals surface area contributed by atoms with Gasteiger partial charge in [0.15, 0.2) is 0 Å². The van der Waals surface area contributed by atoms with Gasteiger partial charge >= 0.3 is 12.1 Å². The van der Waals surface area contributed by atoms with Gasteiger partial charge in [0.2, 0.25) is 0 Å². The van der Waals surface area contributed by atoms with Crippen molar-refractivity contribution in [3.05, 3.63) is 89.5 Å². The maximum atomic E-state index is 13.4. The molecule has 1 N–H and O–H groups in total. The Kier molecular flexibility index (Phi) is 14.1. The molecular weight excluding hydrogens is 644 g/mol. The van der Waals surface area contributed by atoms with Gasteiger partial charge in [-0.15, -0.1) is 0 Å². The van der Waals surface area contributed by atoms with Gasteiger partial charge < -0.3 is 48.1 Å². The molecule has 3 atom stereocenters. The summed E-state index contributed by atoms with van der Waals surface area (Å²) in [5.74, 6) is 0.0447. The molecule has 0 spiro atoms. The average Bonchev–Trinajstić information content (AvgIpc) is 3.14. The van der Waals surface area contributed by atoms with E-state index in [1.54, 1.807) is 19.1 Å². The van der Waals surface area contributed by atoms with Crippen molar-refractivity contribution in [1.82, 2.24) is 4.90 Å². The van der Waals surface area contributed by atoms with E-state index in [0.29, 0.717) is 32.2 Å². The molecule has 2 aliphatic rings. The average molecular weight is 693 g/mol. The Balaban J connectivity index is 1.37. The molecule has 3 aromatic rings. The van der Waals surface area contributed by atoms with E-state index in [9.17, 15) is 14.7 Å². The predicted octanol–water partition coefficient (Wildman–Crippen LogP) is 5.13. The number of anilines is 1. The number of nitrogens with zero attached hydrogens (tertiary/aromatic N) is 2. The normalized spacial score (nSPS) is 18.6. The molecule has 5 rings (SSSR count). The standard InChI is InChI=1S/C38H48N2O10/c1-44-18-6-16-39-17-21-47-33-15-10-29(22-32(33)39)26-48-34-23-40(38(43)50-25-28-8-4-3-5-9-28)24-35(49-27-36(41)42)37(34)30-11-13-31(14-12-30)46-20-7-19-45-2/h3-5,8-15,22,34-35,37H,6-7,16-21,23-27H2,1-2H3,(H,41,42)/t34-,35+,37+/m0/s1. The number of carbonyl (C=O) groups is 2. The fourth-order valence-electron chi connectivity index (χ4n) is 6.28. The largest absolute Gasteiger partial charge is 0.494 e. The molecule has 1 saturated heterocycles. The number of piperidine rings is 1. The van der Waals surface area contributed by atoms with Crippen molar-refractivity contribution in [2.45, 2.75) is 44.2 Å². The van der Waals surface area contributed by atoms with Crippen LogP contribution in [0.15, 0.2) is 72.8 Å². The number of rotatable bonds is 18. The molecule has 0 radical (unpaired) electrons. The zero-order valence-electron chi connectivity index (χ0n) is 28.9. The van der Waals surface area contributed by atoms with E-state index in [4.69, 9.17) is 33.2 Å². The number of fused-ring (bicyclic) bond motifs is 1. The Labute approximate surface area is 293 Å². The Morgan fingerprint density at radius 3 is 2.32 bits per heavy atom. The van der Waals surface area contributed by atoms with Gasteiger partial charge in [-0.25, -0.2) is 9.59 Å². The SMILES string of the molecule is COCCCOc1ccc([C@@H]2[C@@H](OCc3ccc4c(c3)N(CCCOC)CCO4)CN(C(=O)OCc3ccccc3)C[C@H]2OCC(=O)O)cc1. The van der Waals surface area contributed by atoms with Gasteiger partial charge in [0, 0.05) is 46.3 Å². The van der Waals surface area contributed by atoms with Crippen LogP contribution >= 0.6 is 0 Å². The van der Waals surface area contributed by atoms with Crippen LogP contribution in [0.1, 0.15) is 35.4 Å². The van der Waals surface area contributed by atoms with E-state index < -0.39 is 30.9 Å². The molecule has 50 heavy (non-hydrogen) atoms. The summed E-state index contributed by atoms with van der Waals surface area (Å²) in [7, 11) is 3.36. The molecule has 0 bridgehead atoms. The van der Waals surface area contributed by atoms with Gasteiger partial charge in [-0.1, -0.05) is 48.5 Å². The van der Waals surface area contributed by atoms with Gasteiger partial charge in [-0.05, 0) is 47.4 Å². The Hall–Kier alpha value is -4.36. The molecular formula is C38H48N2O10. The first-order chi connectivity index (χ1) is 24.4. The van der Waals surface area contributed by atoms with Crippen molar-refractivity contribution in [1.29, 1.82) is 0 Å². The van der Waals surface area contributed by atoms with E-state index in [1.165, 1.54) is 0 Å². The minimum Gasteiger partial charge on any atom is -0.494 e. The third-order valence-electron chi connectivity index (χ3n) is 8.74. The third-order valence-corrected chi connectivity index (χ3v) is 8.74. The van der Waals surface area contributed by atoms with Crippen LogP contribution in [0.3, 0.4) is 0 Å². The zero-order chi connectivity index (χ0) is 35.1. The lowest BCUT2D eigenvalue weighted by molar-refractivity contribution is -0.149. The number of carboxylic acid groups (broad SMARTS) is 1. The topological polar surface area (TPSA) is 125 Å². The number of methoxy groups -OCH3 is 2. The summed E-state index contributed by atoms with van der Waals surface area (Å²) in [5.41, 5.74) is 3.69. The van der Waals surface area contributed by atoms with Crippen LogP contribution < -0.4 is 14.4 Å². The predicted molar refractivity (Wildman–Crippen MR) is 186 cm³/mol. The number of ether oxygens (including phenoxy) is 7. The summed E-state index contributed by atoms with van der Waals surface area (Å²) in [6, 6.07) is 23.1. The molecule has 0 aromatic heterocycles. The lowest BCUT2D eigenvalue weighted by Crippen LogP contribution is -2.54. The number of hydrogen-bond donors (Lipinski definition) is 1. The summed E-state index contributed by atoms with van der Waals surface area (Å²) < 4.78 is 40.5. The second kappa shape index (κ2) is 19.1. The number of carbonyl (C=O) groups excluding carboxylic acids is 1. The first-order valence-corrected chi connectivity index (χ1v) is 17.1. The number of hydrogen-bond acceptors (Lipinski definition) is 10. The quantitative estimate of drug-likeness (QED) is 0.179. The van der Waals surface area contributed by atoms with Crippen molar-refractivity contribution in [3.63, 3.8) is 0 Å². The second-order valence-corrected chi connectivity index (χ2v) is 12.3. The fourth-order valence-corrected chi connectivity index (χ4v) is 6.28. The van der Waals surface area contributed by atoms with E-state index in [1.807, 2.05) is 66.7 Å². The van der Waals surface area contributed by atoms with Gasteiger partial charge in [-0.2, -0.15) is 0 Å². The van der Waals surface area contributed by atoms with Gasteiger partial charge in [-0.3, -0.25) is 0 Å². The van der Waals surface area contributed by atoms with Crippen molar-refractivity contribution in [2.75, 3.05) is 78.3 Å². The Morgan fingerprint density at radius 1 is 0.840 bits per heavy atom. The van der Waals surface area contributed by atoms with E-state index in [2.05, 4.69) is 11.0 Å². The fraction of sp³-hybridized carbons (Fsp3) is 0.474. The molecule has 2 heterocycles. The van der Waals surface area contributed by atoms with Gasteiger partial charge in [0.05, 0.1) is 50.7 Å². The smallest absolute Gasteiger partial charge is 0.410 e. The van der Waals surface area contributed by atoms with E-state index >= 15 is 0 Å². The van der Waals surface area contributed by atoms with Crippen LogP contribution in [0.5, 0.6) is 11.5 Å². The van der Waals surface area contributed by atoms with Crippen LogP contribution in [-0.4, -0.2) is 108 Å². The van der Waals surface area contributed by atoms with Crippen LogP contribution in [0.4, 0.5) is 10.5 Å². The number of aliphatic carboxylic acids is 1. The van der Waals surface area contributed by atoms with Crippen LogP contribution in [-0.2, 0) is 41.7 Å². The molecule has 0 saturated carbocycles. The summed E-state index contributed by atoms with van der Waals surface area (Å²) in [4.78, 5) is 28.9. The highest BCUT2D eigenvalue weighted by atomic mass is 16.6. The first kappa shape index (κ1) is 36.9. The molecule has 2 aliphatic heterocycles. The van der Waals surface area contributed by atoms with Crippen LogP contribution in [0, 0.1) is 0 Å². The third kappa shape index (κ3) is 10.6. The van der Waals surface area contributed by atoms with Crippen molar-refractivity contribution in [3.8, 4) is 11.5 Å². The van der Waals surface area contributed by atoms with Crippen molar-refractivity contribution >= 4 is 17.7 Å². The monoisotopic (exact) mass is 692 g/mol. The lowest BCUT2D eigenvalue weighted by Gasteiger charge is -2.43. The lowest BCUT2D eigenvalue weighted by atomic mass is 9.84. The maximum absolute atomic E-state index is 13.4. The molecule has 12 heteroatoms. The highest BCUT2D eigenvalue weighted by molar-refractivity contribution is 5.69. The summed E-state index contributed by atoms with van der Waals surface area (Å²) >= 11 is 0. The number of likely N-dealkylation sites (tertiary alicyclic amines) is 1. The molecule has 1 fully saturated rings. The Bertz CT molecular complexity index is 1490. The van der Waals surface area contributed by atoms with Gasteiger partial charge in [0.1, 0.15) is 31.3 Å². The molecule has 0 unspecified atom stereocenters. The molecule has 270 valence electrons. The van der Waals surface area contributed by atoms with Crippen molar-refractivity contribution in [2.24, 2.45) is 0 Å². The molecule has 1 amide bonds. The number of carboxylic acids is 1. The van der Waals surface area contributed by atoms with Crippen molar-refractivity contribution < 1.29 is 47.9 Å². The molecule has 12 nitrogen and oxygen atoms in total. The second-order valence-electron chi connectivity index (χ2n) is 12.3. The summed E-state index contributed by atoms with van der Waals surface area (Å²) in [6.07, 6.45) is -0.105. The highest BCUT2D eigenvalue weighted by Gasteiger charge is 2.42. The Morgan fingerprint density at radius 2 is 1.58 bits per heavy atom. The first-order valence-electron chi connectivity index (χ1n) is 17.1. The molecule has 0 aliphatic carbocycles. The minimum atomic E-state index is -1.10. The molecule has 3 aromatic carbocycles. The highest BCUT2D eigenvalue weighted by Crippen LogP contribution is 2.36. The zero-order valence-corrected chi connectivity index (χ0v) is 28.9. The number of amides is 1.